The molecule has 3 aliphatic rings. The van der Waals surface area contributed by atoms with E-state index in [-0.39, 0.29) is 17.2 Å². The number of nitrogens with zero attached hydrogens (tertiary/aromatic N) is 1. The van der Waals surface area contributed by atoms with Gasteiger partial charge in [-0.25, -0.2) is 0 Å². The number of benzene rings is 1. The molecule has 1 aromatic carbocycles. The first-order valence-corrected chi connectivity index (χ1v) is 9.86. The van der Waals surface area contributed by atoms with Crippen LogP contribution in [0.25, 0.3) is 0 Å². The molecule has 0 radical (unpaired) electrons. The minimum atomic E-state index is -0.217. The number of halogens is 1. The maximum absolute atomic E-state index is 13.4. The lowest BCUT2D eigenvalue weighted by Gasteiger charge is -2.35. The predicted octanol–water partition coefficient (Wildman–Crippen LogP) is 3.87. The minimum Gasteiger partial charge on any atom is -0.340 e. The normalized spacial score (nSPS) is 28.2. The van der Waals surface area contributed by atoms with Crippen LogP contribution in [0.2, 0.25) is 0 Å². The van der Waals surface area contributed by atoms with Crippen molar-refractivity contribution in [3.63, 3.8) is 0 Å². The number of likely N-dealkylation sites (tertiary alicyclic amines) is 1. The van der Waals surface area contributed by atoms with Gasteiger partial charge in [0.2, 0.25) is 5.91 Å². The summed E-state index contributed by atoms with van der Waals surface area (Å²) in [5.74, 6) is 0.401. The van der Waals surface area contributed by atoms with E-state index in [2.05, 4.69) is 34.5 Å². The van der Waals surface area contributed by atoms with Crippen molar-refractivity contribution in [2.24, 2.45) is 0 Å². The minimum absolute atomic E-state index is 0. The average Bonchev–Trinajstić information content (AvgIpc) is 3.15. The molecular weight excluding hydrogens is 340 g/mol. The molecule has 4 rings (SSSR count). The highest BCUT2D eigenvalue weighted by molar-refractivity contribution is 8.01. The molecule has 2 aliphatic heterocycles. The van der Waals surface area contributed by atoms with E-state index in [1.165, 1.54) is 30.6 Å². The third kappa shape index (κ3) is 3.61. The molecule has 2 bridgehead atoms. The van der Waals surface area contributed by atoms with E-state index < -0.39 is 0 Å². The fourth-order valence-corrected chi connectivity index (χ4v) is 5.89. The predicted molar refractivity (Wildman–Crippen MR) is 102 cm³/mol. The lowest BCUT2D eigenvalue weighted by Crippen LogP contribution is -2.48. The van der Waals surface area contributed by atoms with Gasteiger partial charge in [-0.3, -0.25) is 4.79 Å². The lowest BCUT2D eigenvalue weighted by molar-refractivity contribution is -0.133. The Morgan fingerprint density at radius 1 is 1.08 bits per heavy atom. The largest absolute Gasteiger partial charge is 0.340 e. The summed E-state index contributed by atoms with van der Waals surface area (Å²) < 4.78 is -0.217. The van der Waals surface area contributed by atoms with Gasteiger partial charge < -0.3 is 10.2 Å². The summed E-state index contributed by atoms with van der Waals surface area (Å²) in [6.07, 6.45) is 8.07. The van der Waals surface area contributed by atoms with Crippen LogP contribution in [-0.4, -0.2) is 40.7 Å². The molecule has 5 heteroatoms. The average molecular weight is 367 g/mol. The second-order valence-corrected chi connectivity index (χ2v) is 8.75. The van der Waals surface area contributed by atoms with E-state index in [1.807, 2.05) is 17.8 Å². The van der Waals surface area contributed by atoms with Gasteiger partial charge in [-0.2, -0.15) is 0 Å². The van der Waals surface area contributed by atoms with Crippen LogP contribution < -0.4 is 5.32 Å². The highest BCUT2D eigenvalue weighted by Crippen LogP contribution is 2.46. The van der Waals surface area contributed by atoms with Gasteiger partial charge in [0.05, 0.1) is 4.75 Å². The molecule has 1 aliphatic carbocycles. The molecule has 1 N–H and O–H groups in total. The zero-order valence-electron chi connectivity index (χ0n) is 14.1. The second-order valence-electron chi connectivity index (χ2n) is 7.29. The summed E-state index contributed by atoms with van der Waals surface area (Å²) in [4.78, 5) is 16.8. The van der Waals surface area contributed by atoms with E-state index in [0.29, 0.717) is 18.0 Å². The molecule has 3 nitrogen and oxygen atoms in total. The number of thioether (sulfide) groups is 1. The van der Waals surface area contributed by atoms with Crippen molar-refractivity contribution in [3.05, 3.63) is 30.3 Å². The molecular formula is C19H27ClN2OS. The smallest absolute Gasteiger partial charge is 0.239 e. The number of hydrogen-bond acceptors (Lipinski definition) is 3. The van der Waals surface area contributed by atoms with Crippen molar-refractivity contribution in [2.75, 3.05) is 13.1 Å². The highest BCUT2D eigenvalue weighted by Gasteiger charge is 2.45. The number of nitrogens with one attached hydrogen (secondary N) is 1. The molecule has 132 valence electrons. The first-order chi connectivity index (χ1) is 11.3. The van der Waals surface area contributed by atoms with E-state index in [0.717, 1.165) is 32.4 Å². The van der Waals surface area contributed by atoms with Gasteiger partial charge in [0.15, 0.2) is 0 Å². The molecule has 2 unspecified atom stereocenters. The molecule has 2 heterocycles. The Labute approximate surface area is 155 Å². The maximum atomic E-state index is 13.4. The molecule has 0 spiro atoms. The standard InChI is InChI=1S/C19H26N2OS.ClH/c22-18(21-13-10-15-8-9-16(14-21)20-15)19(11-4-5-12-19)23-17-6-2-1-3-7-17;/h1-3,6-7,15-16,20H,4-5,8-14H2;1H. The molecule has 0 aromatic heterocycles. The second kappa shape index (κ2) is 7.67. The first kappa shape index (κ1) is 18.1. The number of rotatable bonds is 3. The van der Waals surface area contributed by atoms with Crippen LogP contribution in [0.5, 0.6) is 0 Å². The molecule has 1 aromatic rings. The number of carbonyl (C=O) groups excluding carboxylic acids is 1. The van der Waals surface area contributed by atoms with Gasteiger partial charge in [-0.1, -0.05) is 31.0 Å². The summed E-state index contributed by atoms with van der Waals surface area (Å²) in [6, 6.07) is 11.6. The van der Waals surface area contributed by atoms with Gasteiger partial charge in [0.25, 0.3) is 0 Å². The number of carbonyl (C=O) groups is 1. The third-order valence-corrected chi connectivity index (χ3v) is 7.15. The summed E-state index contributed by atoms with van der Waals surface area (Å²) >= 11 is 1.82. The van der Waals surface area contributed by atoms with Crippen molar-refractivity contribution in [1.29, 1.82) is 0 Å². The fourth-order valence-electron chi connectivity index (χ4n) is 4.44. The molecule has 2 saturated heterocycles. The van der Waals surface area contributed by atoms with Crippen LogP contribution in [0.3, 0.4) is 0 Å². The fraction of sp³-hybridized carbons (Fsp3) is 0.632. The van der Waals surface area contributed by atoms with E-state index in [4.69, 9.17) is 0 Å². The lowest BCUT2D eigenvalue weighted by atomic mass is 10.0. The van der Waals surface area contributed by atoms with Crippen molar-refractivity contribution in [3.8, 4) is 0 Å². The molecule has 3 fully saturated rings. The van der Waals surface area contributed by atoms with Crippen LogP contribution in [0.15, 0.2) is 35.2 Å². The Bertz CT molecular complexity index is 562. The van der Waals surface area contributed by atoms with Crippen LogP contribution >= 0.6 is 24.2 Å². The highest BCUT2D eigenvalue weighted by atomic mass is 35.5. The third-order valence-electron chi connectivity index (χ3n) is 5.67. The summed E-state index contributed by atoms with van der Waals surface area (Å²) in [6.45, 7) is 1.84. The Morgan fingerprint density at radius 2 is 1.79 bits per heavy atom. The van der Waals surface area contributed by atoms with Crippen LogP contribution in [0, 0.1) is 0 Å². The van der Waals surface area contributed by atoms with Crippen molar-refractivity contribution >= 4 is 30.1 Å². The maximum Gasteiger partial charge on any atom is 0.239 e. The zero-order chi connectivity index (χ0) is 15.7. The number of hydrogen-bond donors (Lipinski definition) is 1. The molecule has 1 amide bonds. The van der Waals surface area contributed by atoms with E-state index in [1.54, 1.807) is 0 Å². The van der Waals surface area contributed by atoms with Crippen LogP contribution in [0.4, 0.5) is 0 Å². The van der Waals surface area contributed by atoms with Gasteiger partial charge in [-0.15, -0.1) is 24.2 Å². The van der Waals surface area contributed by atoms with Gasteiger partial charge >= 0.3 is 0 Å². The van der Waals surface area contributed by atoms with Gasteiger partial charge in [0.1, 0.15) is 0 Å². The Hall–Kier alpha value is -0.710. The number of amides is 1. The summed E-state index contributed by atoms with van der Waals surface area (Å²) in [7, 11) is 0. The zero-order valence-corrected chi connectivity index (χ0v) is 15.7. The van der Waals surface area contributed by atoms with Crippen molar-refractivity contribution in [2.45, 2.75) is 66.7 Å². The monoisotopic (exact) mass is 366 g/mol. The Kier molecular flexibility index (Phi) is 5.78. The SMILES string of the molecule is Cl.O=C(N1CCC2CCC(C1)N2)C1(Sc2ccccc2)CCCC1. The Morgan fingerprint density at radius 3 is 2.54 bits per heavy atom. The van der Waals surface area contributed by atoms with Crippen molar-refractivity contribution < 1.29 is 4.79 Å². The quantitative estimate of drug-likeness (QED) is 0.881. The van der Waals surface area contributed by atoms with E-state index in [9.17, 15) is 4.79 Å². The number of fused-ring (bicyclic) bond motifs is 2. The van der Waals surface area contributed by atoms with Gasteiger partial charge in [0, 0.05) is 30.1 Å². The molecule has 2 atom stereocenters. The Balaban J connectivity index is 0.00000169. The summed E-state index contributed by atoms with van der Waals surface area (Å²) in [5, 5.41) is 3.69. The van der Waals surface area contributed by atoms with Gasteiger partial charge in [-0.05, 0) is 44.2 Å². The molecule has 1 saturated carbocycles. The molecule has 24 heavy (non-hydrogen) atoms. The topological polar surface area (TPSA) is 32.3 Å². The summed E-state index contributed by atoms with van der Waals surface area (Å²) in [5.41, 5.74) is 0. The van der Waals surface area contributed by atoms with Crippen LogP contribution in [-0.2, 0) is 4.79 Å². The first-order valence-electron chi connectivity index (χ1n) is 9.05. The van der Waals surface area contributed by atoms with Crippen LogP contribution in [0.1, 0.15) is 44.9 Å². The van der Waals surface area contributed by atoms with Crippen molar-refractivity contribution in [1.82, 2.24) is 10.2 Å². The van der Waals surface area contributed by atoms with E-state index >= 15 is 0 Å².